The van der Waals surface area contributed by atoms with E-state index >= 15 is 0 Å². The first-order chi connectivity index (χ1) is 12.9. The van der Waals surface area contributed by atoms with E-state index in [0.717, 1.165) is 0 Å². The predicted octanol–water partition coefficient (Wildman–Crippen LogP) is 3.39. The van der Waals surface area contributed by atoms with Crippen molar-refractivity contribution in [2.75, 3.05) is 38.0 Å². The second-order valence-electron chi connectivity index (χ2n) is 6.10. The highest BCUT2D eigenvalue weighted by atomic mass is 35.5. The molecule has 0 radical (unpaired) electrons. The van der Waals surface area contributed by atoms with Gasteiger partial charge in [-0.25, -0.2) is 8.42 Å². The van der Waals surface area contributed by atoms with E-state index in [-0.39, 0.29) is 5.91 Å². The fourth-order valence-corrected chi connectivity index (χ4v) is 5.70. The first-order valence-corrected chi connectivity index (χ1v) is 11.4. The van der Waals surface area contributed by atoms with E-state index < -0.39 is 10.0 Å². The van der Waals surface area contributed by atoms with Gasteiger partial charge in [-0.3, -0.25) is 4.79 Å². The lowest BCUT2D eigenvalue weighted by Crippen LogP contribution is -2.48. The van der Waals surface area contributed by atoms with Crippen LogP contribution in [0.3, 0.4) is 0 Å². The van der Waals surface area contributed by atoms with Gasteiger partial charge in [-0.15, -0.1) is 11.3 Å². The molecule has 3 rings (SSSR count). The maximum Gasteiger partial charge on any atom is 0.252 e. The van der Waals surface area contributed by atoms with Gasteiger partial charge in [-0.1, -0.05) is 29.3 Å². The van der Waals surface area contributed by atoms with Crippen molar-refractivity contribution < 1.29 is 13.2 Å². The molecule has 1 N–H and O–H groups in total. The number of halogens is 2. The molecule has 10 heteroatoms. The normalized spacial score (nSPS) is 16.4. The SMILES string of the molecule is O=C(CCN1CCN(S(=O)(=O)c2cccs2)CC1)Nc1cc(Cl)ccc1Cl. The zero-order valence-electron chi connectivity index (χ0n) is 14.4. The average molecular weight is 448 g/mol. The van der Waals surface area contributed by atoms with Crippen LogP contribution in [-0.2, 0) is 14.8 Å². The minimum atomic E-state index is -3.40. The molecule has 0 unspecified atom stereocenters. The van der Waals surface area contributed by atoms with Crippen LogP contribution in [0.2, 0.25) is 10.0 Å². The van der Waals surface area contributed by atoms with Crippen LogP contribution in [0.15, 0.2) is 39.9 Å². The standard InChI is InChI=1S/C17H19Cl2N3O3S2/c18-13-3-4-14(19)15(12-13)20-16(23)5-6-21-7-9-22(10-8-21)27(24,25)17-2-1-11-26-17/h1-4,11-12H,5-10H2,(H,20,23). The molecule has 1 amide bonds. The van der Waals surface area contributed by atoms with E-state index in [1.54, 1.807) is 35.7 Å². The highest BCUT2D eigenvalue weighted by Crippen LogP contribution is 2.25. The lowest BCUT2D eigenvalue weighted by Gasteiger charge is -2.33. The Morgan fingerprint density at radius 1 is 1.15 bits per heavy atom. The Labute approximate surface area is 172 Å². The topological polar surface area (TPSA) is 69.7 Å². The second kappa shape index (κ2) is 8.89. The number of thiophene rings is 1. The molecular formula is C17H19Cl2N3O3S2. The summed E-state index contributed by atoms with van der Waals surface area (Å²) < 4.78 is 26.9. The molecule has 0 atom stereocenters. The van der Waals surface area contributed by atoms with Crippen LogP contribution in [0.4, 0.5) is 5.69 Å². The number of amides is 1. The Morgan fingerprint density at radius 2 is 1.89 bits per heavy atom. The first kappa shape index (κ1) is 20.6. The number of nitrogens with one attached hydrogen (secondary N) is 1. The molecule has 1 saturated heterocycles. The lowest BCUT2D eigenvalue weighted by molar-refractivity contribution is -0.116. The van der Waals surface area contributed by atoms with Crippen molar-refractivity contribution in [3.8, 4) is 0 Å². The molecular weight excluding hydrogens is 429 g/mol. The van der Waals surface area contributed by atoms with Gasteiger partial charge in [-0.2, -0.15) is 4.31 Å². The quantitative estimate of drug-likeness (QED) is 0.736. The molecule has 2 heterocycles. The molecule has 0 bridgehead atoms. The smallest absolute Gasteiger partial charge is 0.252 e. The molecule has 0 saturated carbocycles. The van der Waals surface area contributed by atoms with Crippen LogP contribution in [-0.4, -0.2) is 56.3 Å². The van der Waals surface area contributed by atoms with Crippen molar-refractivity contribution in [1.29, 1.82) is 0 Å². The molecule has 1 aliphatic rings. The van der Waals surface area contributed by atoms with E-state index in [0.29, 0.717) is 59.1 Å². The monoisotopic (exact) mass is 447 g/mol. The highest BCUT2D eigenvalue weighted by Gasteiger charge is 2.29. The number of benzene rings is 1. The third-order valence-electron chi connectivity index (χ3n) is 4.28. The third-order valence-corrected chi connectivity index (χ3v) is 8.11. The summed E-state index contributed by atoms with van der Waals surface area (Å²) in [7, 11) is -3.40. The van der Waals surface area contributed by atoms with E-state index in [4.69, 9.17) is 23.2 Å². The van der Waals surface area contributed by atoms with Gasteiger partial charge in [0.2, 0.25) is 5.91 Å². The van der Waals surface area contributed by atoms with Gasteiger partial charge in [0, 0.05) is 44.2 Å². The second-order valence-corrected chi connectivity index (χ2v) is 10.1. The third kappa shape index (κ3) is 5.22. The Kier molecular flexibility index (Phi) is 6.78. The largest absolute Gasteiger partial charge is 0.325 e. The van der Waals surface area contributed by atoms with Crippen LogP contribution in [0, 0.1) is 0 Å². The summed E-state index contributed by atoms with van der Waals surface area (Å²) in [5.74, 6) is -0.159. The number of hydrogen-bond donors (Lipinski definition) is 1. The summed E-state index contributed by atoms with van der Waals surface area (Å²) in [6.07, 6.45) is 0.292. The zero-order valence-corrected chi connectivity index (χ0v) is 17.5. The molecule has 1 fully saturated rings. The summed E-state index contributed by atoms with van der Waals surface area (Å²) in [4.78, 5) is 14.2. The maximum absolute atomic E-state index is 12.5. The molecule has 146 valence electrons. The molecule has 6 nitrogen and oxygen atoms in total. The van der Waals surface area contributed by atoms with Crippen LogP contribution < -0.4 is 5.32 Å². The molecule has 1 aromatic heterocycles. The fraction of sp³-hybridized carbons (Fsp3) is 0.353. The van der Waals surface area contributed by atoms with E-state index in [1.807, 2.05) is 0 Å². The Morgan fingerprint density at radius 3 is 2.56 bits per heavy atom. The van der Waals surface area contributed by atoms with Gasteiger partial charge in [0.25, 0.3) is 10.0 Å². The first-order valence-electron chi connectivity index (χ1n) is 8.37. The van der Waals surface area contributed by atoms with Gasteiger partial charge in [-0.05, 0) is 29.6 Å². The minimum Gasteiger partial charge on any atom is -0.325 e. The van der Waals surface area contributed by atoms with Crippen molar-refractivity contribution in [2.45, 2.75) is 10.6 Å². The number of carbonyl (C=O) groups is 1. The lowest BCUT2D eigenvalue weighted by atomic mass is 10.3. The molecule has 1 aromatic carbocycles. The summed E-state index contributed by atoms with van der Waals surface area (Å²) in [6.45, 7) is 2.58. The van der Waals surface area contributed by atoms with Gasteiger partial charge in [0.1, 0.15) is 4.21 Å². The van der Waals surface area contributed by atoms with Gasteiger partial charge < -0.3 is 10.2 Å². The van der Waals surface area contributed by atoms with E-state index in [9.17, 15) is 13.2 Å². The Balaban J connectivity index is 1.47. The number of hydrogen-bond acceptors (Lipinski definition) is 5. The number of rotatable bonds is 6. The van der Waals surface area contributed by atoms with Crippen molar-refractivity contribution in [3.05, 3.63) is 45.8 Å². The number of nitrogens with zero attached hydrogens (tertiary/aromatic N) is 2. The van der Waals surface area contributed by atoms with E-state index in [2.05, 4.69) is 10.2 Å². The predicted molar refractivity (Wildman–Crippen MR) is 109 cm³/mol. The summed E-state index contributed by atoms with van der Waals surface area (Å²) in [6, 6.07) is 8.25. The molecule has 0 spiro atoms. The summed E-state index contributed by atoms with van der Waals surface area (Å²) >= 11 is 13.2. The number of piperazine rings is 1. The minimum absolute atomic E-state index is 0.159. The van der Waals surface area contributed by atoms with Crippen LogP contribution >= 0.6 is 34.5 Å². The van der Waals surface area contributed by atoms with E-state index in [1.165, 1.54) is 15.6 Å². The van der Waals surface area contributed by atoms with Gasteiger partial charge >= 0.3 is 0 Å². The number of anilines is 1. The Bertz CT molecular complexity index is 896. The van der Waals surface area contributed by atoms with Crippen LogP contribution in [0.1, 0.15) is 6.42 Å². The maximum atomic E-state index is 12.5. The molecule has 0 aliphatic carbocycles. The zero-order chi connectivity index (χ0) is 19.4. The van der Waals surface area contributed by atoms with Crippen molar-refractivity contribution in [3.63, 3.8) is 0 Å². The molecule has 1 aliphatic heterocycles. The summed E-state index contributed by atoms with van der Waals surface area (Å²) in [5, 5.41) is 5.44. The fourth-order valence-electron chi connectivity index (χ4n) is 2.80. The average Bonchev–Trinajstić information content (AvgIpc) is 3.19. The van der Waals surface area contributed by atoms with Crippen LogP contribution in [0.5, 0.6) is 0 Å². The van der Waals surface area contributed by atoms with Gasteiger partial charge in [0.05, 0.1) is 10.7 Å². The summed E-state index contributed by atoms with van der Waals surface area (Å²) in [5.41, 5.74) is 0.487. The molecule has 2 aromatic rings. The van der Waals surface area contributed by atoms with Crippen molar-refractivity contribution >= 4 is 56.2 Å². The highest BCUT2D eigenvalue weighted by molar-refractivity contribution is 7.91. The Hall–Kier alpha value is -1.16. The van der Waals surface area contributed by atoms with Crippen molar-refractivity contribution in [2.24, 2.45) is 0 Å². The van der Waals surface area contributed by atoms with Crippen molar-refractivity contribution in [1.82, 2.24) is 9.21 Å². The number of carbonyl (C=O) groups excluding carboxylic acids is 1. The number of sulfonamides is 1. The molecule has 27 heavy (non-hydrogen) atoms. The van der Waals surface area contributed by atoms with Crippen LogP contribution in [0.25, 0.3) is 0 Å². The van der Waals surface area contributed by atoms with Gasteiger partial charge in [0.15, 0.2) is 0 Å².